The van der Waals surface area contributed by atoms with E-state index in [1.165, 1.54) is 31.3 Å². The highest BCUT2D eigenvalue weighted by Gasteiger charge is 2.41. The van der Waals surface area contributed by atoms with Crippen molar-refractivity contribution in [3.05, 3.63) is 11.6 Å². The number of carbonyl (C=O) groups excluding carboxylic acids is 1. The van der Waals surface area contributed by atoms with Crippen LogP contribution in [-0.2, 0) is 9.53 Å². The number of rotatable bonds is 5. The van der Waals surface area contributed by atoms with Gasteiger partial charge in [-0.05, 0) is 46.1 Å². The highest BCUT2D eigenvalue weighted by atomic mass is 16.5. The maximum absolute atomic E-state index is 12.4. The molecule has 0 saturated carbocycles. The zero-order valence-corrected chi connectivity index (χ0v) is 14.6. The lowest BCUT2D eigenvalue weighted by Gasteiger charge is -2.33. The lowest BCUT2D eigenvalue weighted by atomic mass is 9.97. The molecule has 23 heavy (non-hydrogen) atoms. The number of likely N-dealkylation sites (tertiary alicyclic amines) is 1. The molecule has 0 bridgehead atoms. The normalized spacial score (nSPS) is 30.6. The van der Waals surface area contributed by atoms with Crippen molar-refractivity contribution < 1.29 is 9.53 Å². The van der Waals surface area contributed by atoms with E-state index >= 15 is 0 Å². The average Bonchev–Trinajstić information content (AvgIpc) is 3.00. The summed E-state index contributed by atoms with van der Waals surface area (Å²) < 4.78 is 5.87. The molecule has 0 aromatic heterocycles. The summed E-state index contributed by atoms with van der Waals surface area (Å²) in [5.74, 6) is 0.155. The standard InChI is InChI=1S/C18H31N3O2/c1-14(18(22)19-9-8-15-6-4-3-5-7-15)21-12-16-17(13-21)23-11-10-20(16)2/h6,14,16-17H,3-5,7-13H2,1-2H3,(H,19,22)/t14-,16+,17-/m1/s1. The van der Waals surface area contributed by atoms with Gasteiger partial charge in [-0.1, -0.05) is 11.6 Å². The maximum atomic E-state index is 12.4. The van der Waals surface area contributed by atoms with Gasteiger partial charge in [0.25, 0.3) is 0 Å². The van der Waals surface area contributed by atoms with Crippen molar-refractivity contribution in [2.24, 2.45) is 0 Å². The molecule has 0 aromatic rings. The molecule has 2 saturated heterocycles. The van der Waals surface area contributed by atoms with Crippen LogP contribution in [0.1, 0.15) is 39.0 Å². The first-order valence-corrected chi connectivity index (χ1v) is 9.16. The van der Waals surface area contributed by atoms with Crippen molar-refractivity contribution in [1.29, 1.82) is 0 Å². The lowest BCUT2D eigenvalue weighted by Crippen LogP contribution is -2.48. The lowest BCUT2D eigenvalue weighted by molar-refractivity contribution is -0.125. The summed E-state index contributed by atoms with van der Waals surface area (Å²) >= 11 is 0. The SMILES string of the molecule is C[C@H](C(=O)NCCC1=CCCCC1)N1C[C@H]2OCCN(C)[C@H]2C1. The van der Waals surface area contributed by atoms with E-state index in [1.54, 1.807) is 0 Å². The van der Waals surface area contributed by atoms with E-state index in [-0.39, 0.29) is 18.1 Å². The minimum absolute atomic E-state index is 0.0714. The quantitative estimate of drug-likeness (QED) is 0.778. The molecule has 0 spiro atoms. The molecule has 2 fully saturated rings. The van der Waals surface area contributed by atoms with Crippen molar-refractivity contribution in [2.45, 2.75) is 57.2 Å². The third-order valence-electron chi connectivity index (χ3n) is 5.66. The molecular weight excluding hydrogens is 290 g/mol. The number of hydrogen-bond donors (Lipinski definition) is 1. The van der Waals surface area contributed by atoms with Gasteiger partial charge >= 0.3 is 0 Å². The van der Waals surface area contributed by atoms with Crippen LogP contribution in [0.25, 0.3) is 0 Å². The smallest absolute Gasteiger partial charge is 0.237 e. The first-order chi connectivity index (χ1) is 11.1. The van der Waals surface area contributed by atoms with Gasteiger partial charge in [0.15, 0.2) is 0 Å². The molecule has 5 nitrogen and oxygen atoms in total. The van der Waals surface area contributed by atoms with E-state index in [4.69, 9.17) is 4.74 Å². The summed E-state index contributed by atoms with van der Waals surface area (Å²) in [4.78, 5) is 17.1. The average molecular weight is 321 g/mol. The highest BCUT2D eigenvalue weighted by Crippen LogP contribution is 2.23. The Morgan fingerprint density at radius 3 is 3.04 bits per heavy atom. The maximum Gasteiger partial charge on any atom is 0.237 e. The first-order valence-electron chi connectivity index (χ1n) is 9.16. The fourth-order valence-electron chi connectivity index (χ4n) is 3.99. The Morgan fingerprint density at radius 1 is 1.43 bits per heavy atom. The predicted octanol–water partition coefficient (Wildman–Crippen LogP) is 1.40. The van der Waals surface area contributed by atoms with Crippen LogP contribution in [-0.4, -0.2) is 73.7 Å². The van der Waals surface area contributed by atoms with E-state index in [2.05, 4.69) is 28.2 Å². The van der Waals surface area contributed by atoms with E-state index in [1.807, 2.05) is 6.92 Å². The Labute approximate surface area is 140 Å². The molecule has 0 unspecified atom stereocenters. The predicted molar refractivity (Wildman–Crippen MR) is 91.4 cm³/mol. The van der Waals surface area contributed by atoms with Gasteiger partial charge in [-0.2, -0.15) is 0 Å². The third-order valence-corrected chi connectivity index (χ3v) is 5.66. The summed E-state index contributed by atoms with van der Waals surface area (Å²) in [6.45, 7) is 6.39. The number of nitrogens with zero attached hydrogens (tertiary/aromatic N) is 2. The van der Waals surface area contributed by atoms with Crippen LogP contribution < -0.4 is 5.32 Å². The van der Waals surface area contributed by atoms with Crippen LogP contribution in [0.15, 0.2) is 11.6 Å². The van der Waals surface area contributed by atoms with Crippen molar-refractivity contribution in [1.82, 2.24) is 15.1 Å². The van der Waals surface area contributed by atoms with Crippen molar-refractivity contribution in [3.63, 3.8) is 0 Å². The van der Waals surface area contributed by atoms with E-state index in [0.717, 1.165) is 39.2 Å². The fraction of sp³-hybridized carbons (Fsp3) is 0.833. The summed E-state index contributed by atoms with van der Waals surface area (Å²) in [5, 5.41) is 3.12. The van der Waals surface area contributed by atoms with E-state index in [0.29, 0.717) is 6.04 Å². The van der Waals surface area contributed by atoms with E-state index < -0.39 is 0 Å². The molecule has 1 amide bonds. The number of fused-ring (bicyclic) bond motifs is 1. The van der Waals surface area contributed by atoms with Crippen LogP contribution >= 0.6 is 0 Å². The second-order valence-electron chi connectivity index (χ2n) is 7.24. The van der Waals surface area contributed by atoms with Gasteiger partial charge in [-0.3, -0.25) is 14.6 Å². The highest BCUT2D eigenvalue weighted by molar-refractivity contribution is 5.81. The molecule has 1 N–H and O–H groups in total. The molecule has 3 rings (SSSR count). The molecule has 0 radical (unpaired) electrons. The van der Waals surface area contributed by atoms with Gasteiger partial charge in [0, 0.05) is 32.2 Å². The molecule has 3 atom stereocenters. The molecule has 0 aromatic carbocycles. The topological polar surface area (TPSA) is 44.8 Å². The Balaban J connectivity index is 1.43. The molecular formula is C18H31N3O2. The zero-order chi connectivity index (χ0) is 16.2. The van der Waals surface area contributed by atoms with Crippen LogP contribution in [0, 0.1) is 0 Å². The minimum atomic E-state index is -0.0714. The van der Waals surface area contributed by atoms with Crippen LogP contribution in [0.2, 0.25) is 0 Å². The van der Waals surface area contributed by atoms with Gasteiger partial charge in [0.05, 0.1) is 18.8 Å². The first kappa shape index (κ1) is 16.9. The third kappa shape index (κ3) is 4.14. The van der Waals surface area contributed by atoms with Crippen LogP contribution in [0.4, 0.5) is 0 Å². The Kier molecular flexibility index (Phi) is 5.72. The van der Waals surface area contributed by atoms with Gasteiger partial charge in [-0.25, -0.2) is 0 Å². The number of likely N-dealkylation sites (N-methyl/N-ethyl adjacent to an activating group) is 1. The number of ether oxygens (including phenoxy) is 1. The summed E-state index contributed by atoms with van der Waals surface area (Å²) in [6, 6.07) is 0.365. The largest absolute Gasteiger partial charge is 0.374 e. The van der Waals surface area contributed by atoms with E-state index in [9.17, 15) is 4.79 Å². The van der Waals surface area contributed by atoms with Crippen LogP contribution in [0.3, 0.4) is 0 Å². The molecule has 2 aliphatic heterocycles. The molecule has 130 valence electrons. The Hall–Kier alpha value is -0.910. The van der Waals surface area contributed by atoms with Gasteiger partial charge in [0.2, 0.25) is 5.91 Å². The van der Waals surface area contributed by atoms with Crippen LogP contribution in [0.5, 0.6) is 0 Å². The molecule has 5 heteroatoms. The number of hydrogen-bond acceptors (Lipinski definition) is 4. The monoisotopic (exact) mass is 321 g/mol. The number of amides is 1. The number of nitrogens with one attached hydrogen (secondary N) is 1. The van der Waals surface area contributed by atoms with Crippen molar-refractivity contribution in [3.8, 4) is 0 Å². The zero-order valence-electron chi connectivity index (χ0n) is 14.6. The molecule has 1 aliphatic carbocycles. The molecule has 3 aliphatic rings. The van der Waals surface area contributed by atoms with Gasteiger partial charge < -0.3 is 10.1 Å². The summed E-state index contributed by atoms with van der Waals surface area (Å²) in [6.07, 6.45) is 8.68. The van der Waals surface area contributed by atoms with Crippen molar-refractivity contribution in [2.75, 3.05) is 39.8 Å². The Morgan fingerprint density at radius 2 is 2.30 bits per heavy atom. The second kappa shape index (κ2) is 7.77. The number of carbonyl (C=O) groups is 1. The van der Waals surface area contributed by atoms with Gasteiger partial charge in [0.1, 0.15) is 0 Å². The summed E-state index contributed by atoms with van der Waals surface area (Å²) in [7, 11) is 2.16. The fourth-order valence-corrected chi connectivity index (χ4v) is 3.99. The van der Waals surface area contributed by atoms with Gasteiger partial charge in [-0.15, -0.1) is 0 Å². The number of morpholine rings is 1. The molecule has 2 heterocycles. The van der Waals surface area contributed by atoms with Crippen molar-refractivity contribution >= 4 is 5.91 Å². The second-order valence-corrected chi connectivity index (χ2v) is 7.24. The summed E-state index contributed by atoms with van der Waals surface area (Å²) in [5.41, 5.74) is 1.52. The Bertz CT molecular complexity index is 452. The minimum Gasteiger partial charge on any atom is -0.374 e. The number of allylic oxidation sites excluding steroid dienone is 1.